The molecule has 244 valence electrons. The molecule has 15 heteroatoms. The molecule has 1 aromatic heterocycles. The van der Waals surface area contributed by atoms with Gasteiger partial charge in [-0.15, -0.1) is 11.3 Å². The van der Waals surface area contributed by atoms with Crippen molar-refractivity contribution in [3.05, 3.63) is 123 Å². The van der Waals surface area contributed by atoms with Gasteiger partial charge < -0.3 is 15.4 Å². The van der Waals surface area contributed by atoms with Gasteiger partial charge in [0.25, 0.3) is 11.6 Å². The minimum absolute atomic E-state index is 0.117. The highest BCUT2D eigenvalue weighted by molar-refractivity contribution is 8.01. The number of halogens is 1. The number of hydrogen-bond donors (Lipinski definition) is 3. The molecule has 0 spiro atoms. The van der Waals surface area contributed by atoms with Gasteiger partial charge in [0.1, 0.15) is 0 Å². The third-order valence-corrected chi connectivity index (χ3v) is 9.07. The quantitative estimate of drug-likeness (QED) is 0.0680. The Morgan fingerprint density at radius 1 is 1.06 bits per heavy atom. The average molecular weight is 703 g/mol. The zero-order chi connectivity index (χ0) is 34.0. The molecule has 12 nitrogen and oxygen atoms in total. The van der Waals surface area contributed by atoms with Gasteiger partial charge in [0.15, 0.2) is 4.34 Å². The average Bonchev–Trinajstić information content (AvgIpc) is 3.47. The molecule has 3 amide bonds. The molecule has 0 bridgehead atoms. The van der Waals surface area contributed by atoms with Crippen molar-refractivity contribution in [3.63, 3.8) is 0 Å². The summed E-state index contributed by atoms with van der Waals surface area (Å²) in [5.41, 5.74) is 5.07. The van der Waals surface area contributed by atoms with Crippen molar-refractivity contribution in [1.82, 2.24) is 15.7 Å². The number of nitro groups is 1. The van der Waals surface area contributed by atoms with Crippen molar-refractivity contribution >= 4 is 80.4 Å². The molecule has 5 rings (SSSR count). The number of carbonyl (C=O) groups excluding carboxylic acids is 3. The fourth-order valence-electron chi connectivity index (χ4n) is 4.43. The lowest BCUT2D eigenvalue weighted by Crippen LogP contribution is -2.33. The zero-order valence-electron chi connectivity index (χ0n) is 25.2. The van der Waals surface area contributed by atoms with Crippen LogP contribution >= 0.6 is 34.7 Å². The van der Waals surface area contributed by atoms with E-state index in [1.807, 2.05) is 6.07 Å². The maximum absolute atomic E-state index is 12.7. The third-order valence-electron chi connectivity index (χ3n) is 6.67. The van der Waals surface area contributed by atoms with Crippen LogP contribution in [0.3, 0.4) is 0 Å². The monoisotopic (exact) mass is 702 g/mol. The summed E-state index contributed by atoms with van der Waals surface area (Å²) in [6.07, 6.45) is 0.531. The Bertz CT molecular complexity index is 1990. The Labute approximate surface area is 287 Å². The topological polar surface area (TPSA) is 165 Å². The molecule has 1 atom stereocenters. The van der Waals surface area contributed by atoms with Gasteiger partial charge in [-0.3, -0.25) is 19.7 Å². The Morgan fingerprint density at radius 3 is 2.56 bits per heavy atom. The summed E-state index contributed by atoms with van der Waals surface area (Å²) >= 11 is 8.39. The molecule has 1 heterocycles. The molecule has 4 aromatic carbocycles. The fraction of sp³-hybridized carbons (Fsp3) is 0.121. The van der Waals surface area contributed by atoms with Gasteiger partial charge in [0.05, 0.1) is 45.3 Å². The normalized spacial score (nSPS) is 11.6. The van der Waals surface area contributed by atoms with Crippen LogP contribution in [0.15, 0.2) is 105 Å². The van der Waals surface area contributed by atoms with Crippen LogP contribution in [-0.2, 0) is 9.53 Å². The van der Waals surface area contributed by atoms with Gasteiger partial charge in [0, 0.05) is 27.9 Å². The second-order valence-corrected chi connectivity index (χ2v) is 12.8. The summed E-state index contributed by atoms with van der Waals surface area (Å²) in [6.45, 7) is 1.86. The number of fused-ring (bicyclic) bond motifs is 1. The number of anilines is 1. The van der Waals surface area contributed by atoms with E-state index >= 15 is 0 Å². The summed E-state index contributed by atoms with van der Waals surface area (Å²) < 4.78 is 6.32. The summed E-state index contributed by atoms with van der Waals surface area (Å²) in [5, 5.41) is 22.0. The highest BCUT2D eigenvalue weighted by Crippen LogP contribution is 2.39. The fourth-order valence-corrected chi connectivity index (χ4v) is 6.70. The van der Waals surface area contributed by atoms with E-state index in [1.165, 1.54) is 23.6 Å². The molecule has 48 heavy (non-hydrogen) atoms. The predicted octanol–water partition coefficient (Wildman–Crippen LogP) is 7.59. The maximum Gasteiger partial charge on any atom is 0.407 e. The number of benzene rings is 4. The number of carbonyl (C=O) groups is 3. The largest absolute Gasteiger partial charge is 0.450 e. The molecule has 0 aliphatic carbocycles. The number of nitrogens with zero attached hydrogens (tertiary/aromatic N) is 3. The Morgan fingerprint density at radius 2 is 1.83 bits per heavy atom. The van der Waals surface area contributed by atoms with Crippen molar-refractivity contribution in [2.75, 3.05) is 11.9 Å². The lowest BCUT2D eigenvalue weighted by Gasteiger charge is -2.18. The smallest absolute Gasteiger partial charge is 0.407 e. The van der Waals surface area contributed by atoms with E-state index in [1.54, 1.807) is 85.8 Å². The first-order chi connectivity index (χ1) is 23.2. The van der Waals surface area contributed by atoms with Gasteiger partial charge in [-0.05, 0) is 61.0 Å². The number of nitrogens with one attached hydrogen (secondary N) is 3. The lowest BCUT2D eigenvalue weighted by molar-refractivity contribution is -0.387. The van der Waals surface area contributed by atoms with E-state index < -0.39 is 23.0 Å². The highest BCUT2D eigenvalue weighted by atomic mass is 35.5. The molecule has 0 saturated carbocycles. The summed E-state index contributed by atoms with van der Waals surface area (Å²) in [4.78, 5) is 53.7. The van der Waals surface area contributed by atoms with Gasteiger partial charge in [-0.1, -0.05) is 59.8 Å². The Hall–Kier alpha value is -5.31. The van der Waals surface area contributed by atoms with Crippen molar-refractivity contribution in [3.8, 4) is 0 Å². The zero-order valence-corrected chi connectivity index (χ0v) is 27.6. The van der Waals surface area contributed by atoms with Crippen molar-refractivity contribution in [1.29, 1.82) is 0 Å². The second-order valence-electron chi connectivity index (χ2n) is 10.0. The number of hydrogen-bond acceptors (Lipinski definition) is 10. The number of aromatic nitrogens is 1. The van der Waals surface area contributed by atoms with Crippen LogP contribution in [0.4, 0.5) is 16.2 Å². The number of amides is 3. The van der Waals surface area contributed by atoms with E-state index in [0.717, 1.165) is 16.5 Å². The molecule has 0 unspecified atom stereocenters. The number of nitro benzene ring substituents is 1. The molecular weight excluding hydrogens is 676 g/mol. The SMILES string of the molecule is CCOC(=O)N[C@@H](CC(=O)N/N=C\c1ccc(Sc2nc3ccc(NC(=O)c4ccc(Cl)cc4)cc3s2)c([N+](=O)[O-])c1)c1ccccc1. The summed E-state index contributed by atoms with van der Waals surface area (Å²) in [6, 6.07) is 24.7. The van der Waals surface area contributed by atoms with E-state index in [2.05, 4.69) is 26.1 Å². The molecule has 3 N–H and O–H groups in total. The van der Waals surface area contributed by atoms with Crippen LogP contribution in [0.5, 0.6) is 0 Å². The molecule has 0 aliphatic rings. The number of thiazole rings is 1. The number of rotatable bonds is 12. The molecule has 0 aliphatic heterocycles. The first-order valence-corrected chi connectivity index (χ1v) is 16.4. The molecular formula is C33H27ClN6O6S2. The maximum atomic E-state index is 12.7. The van der Waals surface area contributed by atoms with Crippen molar-refractivity contribution in [2.45, 2.75) is 28.6 Å². The number of alkyl carbamates (subject to hydrolysis) is 1. The van der Waals surface area contributed by atoms with Crippen LogP contribution in [0.25, 0.3) is 10.2 Å². The first-order valence-electron chi connectivity index (χ1n) is 14.4. The second kappa shape index (κ2) is 16.0. The highest BCUT2D eigenvalue weighted by Gasteiger charge is 2.20. The van der Waals surface area contributed by atoms with Crippen LogP contribution in [0.1, 0.15) is 40.9 Å². The van der Waals surface area contributed by atoms with Crippen LogP contribution in [-0.4, -0.2) is 40.6 Å². The molecule has 0 radical (unpaired) electrons. The standard InChI is InChI=1S/C33H27ClN6O6S2/c1-2-46-32(43)37-26(21-6-4-3-5-7-21)18-30(41)39-35-19-20-8-15-28(27(16-20)40(44)45)47-33-38-25-14-13-24(17-29(25)48-33)36-31(42)22-9-11-23(34)12-10-22/h3-17,19,26H,2,18H2,1H3,(H,36,42)(H,37,43)(H,39,41)/b35-19-/t26-/m0/s1. The van der Waals surface area contributed by atoms with Gasteiger partial charge in [0.2, 0.25) is 5.91 Å². The van der Waals surface area contributed by atoms with E-state index in [4.69, 9.17) is 16.3 Å². The minimum atomic E-state index is -0.653. The lowest BCUT2D eigenvalue weighted by atomic mass is 10.0. The van der Waals surface area contributed by atoms with Gasteiger partial charge in [-0.2, -0.15) is 5.10 Å². The van der Waals surface area contributed by atoms with Gasteiger partial charge in [-0.25, -0.2) is 15.2 Å². The third kappa shape index (κ3) is 9.15. The predicted molar refractivity (Wildman–Crippen MR) is 186 cm³/mol. The molecule has 0 saturated heterocycles. The Balaban J connectivity index is 1.23. The van der Waals surface area contributed by atoms with Crippen LogP contribution < -0.4 is 16.1 Å². The van der Waals surface area contributed by atoms with E-state index in [0.29, 0.717) is 42.2 Å². The van der Waals surface area contributed by atoms with Crippen molar-refractivity contribution < 1.29 is 24.0 Å². The van der Waals surface area contributed by atoms with Crippen LogP contribution in [0, 0.1) is 10.1 Å². The first kappa shape index (κ1) is 34.0. The van der Waals surface area contributed by atoms with E-state index in [-0.39, 0.29) is 24.6 Å². The minimum Gasteiger partial charge on any atom is -0.450 e. The number of hydrazone groups is 1. The van der Waals surface area contributed by atoms with Gasteiger partial charge >= 0.3 is 6.09 Å². The summed E-state index contributed by atoms with van der Waals surface area (Å²) in [7, 11) is 0. The molecule has 5 aromatic rings. The summed E-state index contributed by atoms with van der Waals surface area (Å²) in [5.74, 6) is -0.770. The van der Waals surface area contributed by atoms with Crippen LogP contribution in [0.2, 0.25) is 5.02 Å². The Kier molecular flexibility index (Phi) is 11.3. The number of ether oxygens (including phenoxy) is 1. The van der Waals surface area contributed by atoms with Crippen molar-refractivity contribution in [2.24, 2.45) is 5.10 Å². The van der Waals surface area contributed by atoms with E-state index in [9.17, 15) is 24.5 Å². The molecule has 0 fully saturated rings.